The fraction of sp³-hybridized carbons (Fsp3) is 0.143. The minimum absolute atomic E-state index is 0.283. The average molecular weight is 426 g/mol. The minimum atomic E-state index is -4.50. The van der Waals surface area contributed by atoms with Crippen molar-refractivity contribution in [2.45, 2.75) is 19.3 Å². The van der Waals surface area contributed by atoms with Crippen LogP contribution in [0.25, 0.3) is 5.69 Å². The Morgan fingerprint density at radius 1 is 0.968 bits per heavy atom. The second kappa shape index (κ2) is 8.42. The van der Waals surface area contributed by atoms with E-state index in [1.54, 1.807) is 35.3 Å². The van der Waals surface area contributed by atoms with Crippen molar-refractivity contribution in [3.8, 4) is 5.69 Å². The summed E-state index contributed by atoms with van der Waals surface area (Å²) in [6.45, 7) is 0.956. The SMILES string of the molecule is O=C(NCc1ccc(Cn2cncn2)cc1)c1ccc(-n2ccc(C(F)(F)F)n2)cc1. The molecular formula is C21H17F3N6O. The van der Waals surface area contributed by atoms with Gasteiger partial charge in [0.05, 0.1) is 12.2 Å². The molecule has 0 saturated carbocycles. The molecule has 2 aromatic carbocycles. The summed E-state index contributed by atoms with van der Waals surface area (Å²) in [6, 6.07) is 14.8. The van der Waals surface area contributed by atoms with Gasteiger partial charge in [0.1, 0.15) is 12.7 Å². The Morgan fingerprint density at radius 2 is 1.68 bits per heavy atom. The Hall–Kier alpha value is -3.95. The van der Waals surface area contributed by atoms with Crippen molar-refractivity contribution in [3.05, 3.63) is 95.8 Å². The summed E-state index contributed by atoms with van der Waals surface area (Å²) in [6.07, 6.45) is -0.156. The third-order valence-corrected chi connectivity index (χ3v) is 4.56. The van der Waals surface area contributed by atoms with Gasteiger partial charge in [-0.25, -0.2) is 14.3 Å². The molecule has 0 unspecified atom stereocenters. The standard InChI is InChI=1S/C21H17F3N6O/c22-21(23,24)19-9-10-30(28-19)18-7-5-17(6-8-18)20(31)26-11-15-1-3-16(4-2-15)12-29-14-25-13-27-29/h1-10,13-14H,11-12H2,(H,26,31). The van der Waals surface area contributed by atoms with Gasteiger partial charge in [-0.15, -0.1) is 0 Å². The molecule has 0 fully saturated rings. The van der Waals surface area contributed by atoms with Gasteiger partial charge in [0.25, 0.3) is 5.91 Å². The van der Waals surface area contributed by atoms with Crippen LogP contribution in [0.3, 0.4) is 0 Å². The Morgan fingerprint density at radius 3 is 2.29 bits per heavy atom. The lowest BCUT2D eigenvalue weighted by Gasteiger charge is -2.08. The summed E-state index contributed by atoms with van der Waals surface area (Å²) in [5.74, 6) is -0.283. The Kier molecular flexibility index (Phi) is 5.52. The summed E-state index contributed by atoms with van der Waals surface area (Å²) < 4.78 is 40.9. The Balaban J connectivity index is 1.34. The second-order valence-electron chi connectivity index (χ2n) is 6.78. The molecule has 10 heteroatoms. The molecule has 4 aromatic rings. The lowest BCUT2D eigenvalue weighted by Crippen LogP contribution is -2.22. The number of alkyl halides is 3. The van der Waals surface area contributed by atoms with Crippen molar-refractivity contribution in [1.29, 1.82) is 0 Å². The number of aromatic nitrogens is 5. The van der Waals surface area contributed by atoms with E-state index in [1.165, 1.54) is 12.5 Å². The van der Waals surface area contributed by atoms with Gasteiger partial charge in [0.2, 0.25) is 0 Å². The predicted molar refractivity (Wildman–Crippen MR) is 105 cm³/mol. The van der Waals surface area contributed by atoms with Gasteiger partial charge in [-0.3, -0.25) is 4.79 Å². The van der Waals surface area contributed by atoms with Crippen LogP contribution in [-0.2, 0) is 19.3 Å². The molecule has 0 spiro atoms. The first-order valence-corrected chi connectivity index (χ1v) is 9.30. The van der Waals surface area contributed by atoms with Crippen LogP contribution >= 0.6 is 0 Å². The van der Waals surface area contributed by atoms with Crippen molar-refractivity contribution < 1.29 is 18.0 Å². The van der Waals surface area contributed by atoms with E-state index in [4.69, 9.17) is 0 Å². The van der Waals surface area contributed by atoms with E-state index in [2.05, 4.69) is 20.5 Å². The van der Waals surface area contributed by atoms with Crippen LogP contribution < -0.4 is 5.32 Å². The molecule has 4 rings (SSSR count). The average Bonchev–Trinajstić information content (AvgIpc) is 3.45. The first-order chi connectivity index (χ1) is 14.9. The van der Waals surface area contributed by atoms with Crippen LogP contribution in [0.4, 0.5) is 13.2 Å². The minimum Gasteiger partial charge on any atom is -0.348 e. The van der Waals surface area contributed by atoms with E-state index in [1.807, 2.05) is 24.3 Å². The van der Waals surface area contributed by atoms with Gasteiger partial charge < -0.3 is 5.32 Å². The normalized spacial score (nSPS) is 11.5. The van der Waals surface area contributed by atoms with Gasteiger partial charge in [-0.05, 0) is 41.5 Å². The van der Waals surface area contributed by atoms with Crippen molar-refractivity contribution in [2.24, 2.45) is 0 Å². The molecule has 31 heavy (non-hydrogen) atoms. The fourth-order valence-corrected chi connectivity index (χ4v) is 2.93. The highest BCUT2D eigenvalue weighted by atomic mass is 19.4. The summed E-state index contributed by atoms with van der Waals surface area (Å²) in [4.78, 5) is 16.3. The maximum atomic E-state index is 12.7. The smallest absolute Gasteiger partial charge is 0.348 e. The van der Waals surface area contributed by atoms with Crippen LogP contribution in [0, 0.1) is 0 Å². The maximum absolute atomic E-state index is 12.7. The topological polar surface area (TPSA) is 77.6 Å². The number of carbonyl (C=O) groups excluding carboxylic acids is 1. The van der Waals surface area contributed by atoms with Crippen LogP contribution in [0.2, 0.25) is 0 Å². The highest BCUT2D eigenvalue weighted by molar-refractivity contribution is 5.94. The molecule has 0 atom stereocenters. The number of amides is 1. The first kappa shape index (κ1) is 20.3. The number of nitrogens with zero attached hydrogens (tertiary/aromatic N) is 5. The van der Waals surface area contributed by atoms with Crippen LogP contribution in [-0.4, -0.2) is 30.5 Å². The summed E-state index contributed by atoms with van der Waals surface area (Å²) in [5.41, 5.74) is 1.85. The number of carbonyl (C=O) groups is 1. The molecule has 7 nitrogen and oxygen atoms in total. The zero-order valence-electron chi connectivity index (χ0n) is 16.1. The highest BCUT2D eigenvalue weighted by Crippen LogP contribution is 2.27. The number of nitrogens with one attached hydrogen (secondary N) is 1. The van der Waals surface area contributed by atoms with Crippen molar-refractivity contribution >= 4 is 5.91 Å². The third kappa shape index (κ3) is 4.97. The quantitative estimate of drug-likeness (QED) is 0.512. The molecule has 0 saturated heterocycles. The summed E-state index contributed by atoms with van der Waals surface area (Å²) in [5, 5.41) is 10.4. The largest absolute Gasteiger partial charge is 0.435 e. The zero-order valence-corrected chi connectivity index (χ0v) is 16.1. The van der Waals surface area contributed by atoms with Crippen molar-refractivity contribution in [1.82, 2.24) is 29.9 Å². The van der Waals surface area contributed by atoms with E-state index >= 15 is 0 Å². The maximum Gasteiger partial charge on any atom is 0.435 e. The number of benzene rings is 2. The lowest BCUT2D eigenvalue weighted by molar-refractivity contribution is -0.141. The van der Waals surface area contributed by atoms with E-state index in [0.717, 1.165) is 21.9 Å². The number of rotatable bonds is 6. The van der Waals surface area contributed by atoms with E-state index in [0.29, 0.717) is 24.3 Å². The van der Waals surface area contributed by atoms with Gasteiger partial charge >= 0.3 is 6.18 Å². The summed E-state index contributed by atoms with van der Waals surface area (Å²) >= 11 is 0. The molecule has 158 valence electrons. The van der Waals surface area contributed by atoms with Gasteiger partial charge in [0.15, 0.2) is 5.69 Å². The molecule has 1 N–H and O–H groups in total. The molecule has 1 amide bonds. The van der Waals surface area contributed by atoms with Crippen molar-refractivity contribution in [2.75, 3.05) is 0 Å². The molecule has 0 bridgehead atoms. The Bertz CT molecular complexity index is 1150. The van der Waals surface area contributed by atoms with Gasteiger partial charge in [-0.2, -0.15) is 23.4 Å². The van der Waals surface area contributed by atoms with Crippen LogP contribution in [0.15, 0.2) is 73.4 Å². The van der Waals surface area contributed by atoms with Crippen LogP contribution in [0.1, 0.15) is 27.2 Å². The number of halogens is 3. The zero-order chi connectivity index (χ0) is 21.8. The molecule has 2 aromatic heterocycles. The molecule has 2 heterocycles. The Labute approximate surface area is 175 Å². The predicted octanol–water partition coefficient (Wildman–Crippen LogP) is 3.46. The number of hydrogen-bond acceptors (Lipinski definition) is 4. The first-order valence-electron chi connectivity index (χ1n) is 9.30. The van der Waals surface area contributed by atoms with E-state index in [9.17, 15) is 18.0 Å². The molecule has 0 radical (unpaired) electrons. The number of hydrogen-bond donors (Lipinski definition) is 1. The van der Waals surface area contributed by atoms with Crippen molar-refractivity contribution in [3.63, 3.8) is 0 Å². The highest BCUT2D eigenvalue weighted by Gasteiger charge is 2.33. The van der Waals surface area contributed by atoms with Gasteiger partial charge in [-0.1, -0.05) is 24.3 Å². The lowest BCUT2D eigenvalue weighted by atomic mass is 10.1. The summed E-state index contributed by atoms with van der Waals surface area (Å²) in [7, 11) is 0. The fourth-order valence-electron chi connectivity index (χ4n) is 2.93. The third-order valence-electron chi connectivity index (χ3n) is 4.56. The second-order valence-corrected chi connectivity index (χ2v) is 6.78. The molecule has 0 aliphatic heterocycles. The van der Waals surface area contributed by atoms with Gasteiger partial charge in [0, 0.05) is 18.3 Å². The van der Waals surface area contributed by atoms with E-state index < -0.39 is 11.9 Å². The molecule has 0 aliphatic rings. The monoisotopic (exact) mass is 426 g/mol. The van der Waals surface area contributed by atoms with E-state index in [-0.39, 0.29) is 5.91 Å². The van der Waals surface area contributed by atoms with Crippen LogP contribution in [0.5, 0.6) is 0 Å². The molecular weight excluding hydrogens is 409 g/mol. The molecule has 0 aliphatic carbocycles.